The predicted molar refractivity (Wildman–Crippen MR) is 92.4 cm³/mol. The van der Waals surface area contributed by atoms with Crippen LogP contribution in [0.1, 0.15) is 13.3 Å². The van der Waals surface area contributed by atoms with E-state index in [1.54, 1.807) is 31.2 Å². The number of benzene rings is 1. The summed E-state index contributed by atoms with van der Waals surface area (Å²) >= 11 is 5.75. The van der Waals surface area contributed by atoms with Gasteiger partial charge in [0.15, 0.2) is 23.1 Å². The Morgan fingerprint density at radius 1 is 1.24 bits per heavy atom. The van der Waals surface area contributed by atoms with Gasteiger partial charge >= 0.3 is 5.97 Å². The first kappa shape index (κ1) is 19.5. The van der Waals surface area contributed by atoms with E-state index in [2.05, 4.69) is 0 Å². The number of ether oxygens (including phenoxy) is 2. The SMILES string of the molecule is CCN(C(=O)COC(=O)COc1ccc(Cl)cc1)C1CCS(=O)(=O)C1. The Labute approximate surface area is 151 Å². The molecule has 1 saturated heterocycles. The van der Waals surface area contributed by atoms with Gasteiger partial charge in [-0.25, -0.2) is 13.2 Å². The molecule has 0 bridgehead atoms. The van der Waals surface area contributed by atoms with Crippen molar-refractivity contribution in [3.05, 3.63) is 29.3 Å². The molecule has 0 saturated carbocycles. The average molecular weight is 390 g/mol. The Hall–Kier alpha value is -1.80. The zero-order chi connectivity index (χ0) is 18.4. The Balaban J connectivity index is 1.77. The molecule has 138 valence electrons. The van der Waals surface area contributed by atoms with E-state index in [4.69, 9.17) is 21.1 Å². The molecule has 1 heterocycles. The lowest BCUT2D eigenvalue weighted by molar-refractivity contribution is -0.154. The molecule has 0 spiro atoms. The third-order valence-electron chi connectivity index (χ3n) is 3.84. The smallest absolute Gasteiger partial charge is 0.344 e. The van der Waals surface area contributed by atoms with Crippen LogP contribution in [-0.2, 0) is 24.2 Å². The van der Waals surface area contributed by atoms with Crippen LogP contribution in [0.15, 0.2) is 24.3 Å². The lowest BCUT2D eigenvalue weighted by Crippen LogP contribution is -2.43. The fourth-order valence-corrected chi connectivity index (χ4v) is 4.46. The van der Waals surface area contributed by atoms with Crippen LogP contribution in [-0.4, -0.2) is 62.5 Å². The largest absolute Gasteiger partial charge is 0.482 e. The van der Waals surface area contributed by atoms with E-state index in [1.165, 1.54) is 4.90 Å². The molecule has 2 rings (SSSR count). The summed E-state index contributed by atoms with van der Waals surface area (Å²) in [6.07, 6.45) is 0.412. The lowest BCUT2D eigenvalue weighted by Gasteiger charge is -2.26. The number of hydrogen-bond donors (Lipinski definition) is 0. The number of carbonyl (C=O) groups excluding carboxylic acids is 2. The van der Waals surface area contributed by atoms with Crippen LogP contribution in [0.3, 0.4) is 0 Å². The first-order valence-corrected chi connectivity index (χ1v) is 10.0. The molecule has 1 fully saturated rings. The normalized spacial score (nSPS) is 18.6. The summed E-state index contributed by atoms with van der Waals surface area (Å²) in [7, 11) is -3.09. The first-order chi connectivity index (χ1) is 11.8. The highest BCUT2D eigenvalue weighted by molar-refractivity contribution is 7.91. The van der Waals surface area contributed by atoms with Crippen molar-refractivity contribution in [3.63, 3.8) is 0 Å². The molecule has 0 aliphatic carbocycles. The number of likely N-dealkylation sites (N-methyl/N-ethyl adjacent to an activating group) is 1. The van der Waals surface area contributed by atoms with Crippen molar-refractivity contribution in [2.24, 2.45) is 0 Å². The van der Waals surface area contributed by atoms with Crippen LogP contribution in [0.4, 0.5) is 0 Å². The summed E-state index contributed by atoms with van der Waals surface area (Å²) in [4.78, 5) is 25.3. The molecule has 1 aliphatic rings. The summed E-state index contributed by atoms with van der Waals surface area (Å²) in [6.45, 7) is 1.35. The van der Waals surface area contributed by atoms with E-state index < -0.39 is 28.3 Å². The molecule has 1 amide bonds. The first-order valence-electron chi connectivity index (χ1n) is 7.84. The van der Waals surface area contributed by atoms with Crippen molar-refractivity contribution in [2.75, 3.05) is 31.3 Å². The summed E-state index contributed by atoms with van der Waals surface area (Å²) in [5, 5.41) is 0.550. The van der Waals surface area contributed by atoms with Gasteiger partial charge in [0.2, 0.25) is 0 Å². The lowest BCUT2D eigenvalue weighted by atomic mass is 10.2. The van der Waals surface area contributed by atoms with Crippen molar-refractivity contribution >= 4 is 33.3 Å². The molecule has 1 atom stereocenters. The molecule has 0 aromatic heterocycles. The van der Waals surface area contributed by atoms with Gasteiger partial charge in [-0.05, 0) is 37.6 Å². The van der Waals surface area contributed by atoms with Crippen molar-refractivity contribution in [1.82, 2.24) is 4.90 Å². The molecule has 7 nitrogen and oxygen atoms in total. The number of rotatable bonds is 7. The third-order valence-corrected chi connectivity index (χ3v) is 5.84. The molecule has 1 aromatic carbocycles. The van der Waals surface area contributed by atoms with Crippen LogP contribution < -0.4 is 4.74 Å². The predicted octanol–water partition coefficient (Wildman–Crippen LogP) is 1.30. The van der Waals surface area contributed by atoms with Gasteiger partial charge in [-0.1, -0.05) is 11.6 Å². The van der Waals surface area contributed by atoms with E-state index in [9.17, 15) is 18.0 Å². The van der Waals surface area contributed by atoms with Crippen LogP contribution in [0, 0.1) is 0 Å². The molecular formula is C16H20ClNO6S. The van der Waals surface area contributed by atoms with Gasteiger partial charge in [0.25, 0.3) is 5.91 Å². The van der Waals surface area contributed by atoms with Crippen LogP contribution >= 0.6 is 11.6 Å². The second kappa shape index (κ2) is 8.53. The van der Waals surface area contributed by atoms with E-state index in [0.717, 1.165) is 0 Å². The van der Waals surface area contributed by atoms with Gasteiger partial charge in [-0.3, -0.25) is 4.79 Å². The summed E-state index contributed by atoms with van der Waals surface area (Å²) in [6, 6.07) is 6.12. The molecule has 0 radical (unpaired) electrons. The average Bonchev–Trinajstić information content (AvgIpc) is 2.92. The Morgan fingerprint density at radius 2 is 1.92 bits per heavy atom. The van der Waals surface area contributed by atoms with Gasteiger partial charge in [-0.15, -0.1) is 0 Å². The number of hydrogen-bond acceptors (Lipinski definition) is 6. The number of halogens is 1. The summed E-state index contributed by atoms with van der Waals surface area (Å²) in [5.74, 6) is -0.599. The standard InChI is InChI=1S/C16H20ClNO6S/c1-2-18(13-7-8-25(21,22)11-13)15(19)9-24-16(20)10-23-14-5-3-12(17)4-6-14/h3-6,13H,2,7-11H2,1H3. The van der Waals surface area contributed by atoms with E-state index in [0.29, 0.717) is 23.7 Å². The number of amides is 1. The van der Waals surface area contributed by atoms with Gasteiger partial charge in [0.1, 0.15) is 5.75 Å². The Bertz CT molecular complexity index is 719. The van der Waals surface area contributed by atoms with Crippen LogP contribution in [0.25, 0.3) is 0 Å². The second-order valence-corrected chi connectivity index (χ2v) is 8.31. The van der Waals surface area contributed by atoms with Crippen molar-refractivity contribution in [3.8, 4) is 5.75 Å². The second-order valence-electron chi connectivity index (χ2n) is 5.64. The minimum atomic E-state index is -3.09. The van der Waals surface area contributed by atoms with E-state index in [1.807, 2.05) is 0 Å². The van der Waals surface area contributed by atoms with Crippen molar-refractivity contribution in [2.45, 2.75) is 19.4 Å². The number of sulfone groups is 1. The molecular weight excluding hydrogens is 370 g/mol. The highest BCUT2D eigenvalue weighted by Gasteiger charge is 2.34. The summed E-state index contributed by atoms with van der Waals surface area (Å²) < 4.78 is 33.2. The van der Waals surface area contributed by atoms with Gasteiger partial charge in [0, 0.05) is 17.6 Å². The zero-order valence-corrected chi connectivity index (χ0v) is 15.4. The maximum Gasteiger partial charge on any atom is 0.344 e. The van der Waals surface area contributed by atoms with Crippen molar-refractivity contribution < 1.29 is 27.5 Å². The number of nitrogens with zero attached hydrogens (tertiary/aromatic N) is 1. The minimum Gasteiger partial charge on any atom is -0.482 e. The van der Waals surface area contributed by atoms with Gasteiger partial charge in [0.05, 0.1) is 11.5 Å². The zero-order valence-electron chi connectivity index (χ0n) is 13.8. The van der Waals surface area contributed by atoms with Crippen molar-refractivity contribution in [1.29, 1.82) is 0 Å². The number of carbonyl (C=O) groups is 2. The fraction of sp³-hybridized carbons (Fsp3) is 0.500. The highest BCUT2D eigenvalue weighted by Crippen LogP contribution is 2.18. The maximum absolute atomic E-state index is 12.2. The number of esters is 1. The Kier molecular flexibility index (Phi) is 6.66. The minimum absolute atomic E-state index is 0.0415. The quantitative estimate of drug-likeness (QED) is 0.653. The summed E-state index contributed by atoms with van der Waals surface area (Å²) in [5.41, 5.74) is 0. The van der Waals surface area contributed by atoms with Gasteiger partial charge < -0.3 is 14.4 Å². The monoisotopic (exact) mass is 389 g/mol. The molecule has 0 N–H and O–H groups in total. The van der Waals surface area contributed by atoms with E-state index >= 15 is 0 Å². The fourth-order valence-electron chi connectivity index (χ4n) is 2.60. The van der Waals surface area contributed by atoms with Gasteiger partial charge in [-0.2, -0.15) is 0 Å². The molecule has 1 aromatic rings. The maximum atomic E-state index is 12.2. The highest BCUT2D eigenvalue weighted by atomic mass is 35.5. The van der Waals surface area contributed by atoms with Crippen LogP contribution in [0.5, 0.6) is 5.75 Å². The molecule has 1 unspecified atom stereocenters. The third kappa shape index (κ3) is 5.89. The Morgan fingerprint density at radius 3 is 2.48 bits per heavy atom. The topological polar surface area (TPSA) is 90.0 Å². The molecule has 1 aliphatic heterocycles. The van der Waals surface area contributed by atoms with E-state index in [-0.39, 0.29) is 24.2 Å². The molecule has 9 heteroatoms. The molecule has 25 heavy (non-hydrogen) atoms. The van der Waals surface area contributed by atoms with Crippen LogP contribution in [0.2, 0.25) is 5.02 Å².